The predicted octanol–water partition coefficient (Wildman–Crippen LogP) is 0.489. The first-order chi connectivity index (χ1) is 7.68. The zero-order valence-corrected chi connectivity index (χ0v) is 8.72. The summed E-state index contributed by atoms with van der Waals surface area (Å²) in [5, 5.41) is 15.0. The van der Waals surface area contributed by atoms with Crippen molar-refractivity contribution in [1.29, 1.82) is 0 Å². The molecule has 1 aromatic heterocycles. The van der Waals surface area contributed by atoms with Gasteiger partial charge in [-0.15, -0.1) is 0 Å². The van der Waals surface area contributed by atoms with Gasteiger partial charge in [0.25, 0.3) is 5.91 Å². The molecule has 16 heavy (non-hydrogen) atoms. The Bertz CT molecular complexity index is 388. The molecule has 0 aromatic carbocycles. The Kier molecular flexibility index (Phi) is 2.89. The molecule has 1 aliphatic heterocycles. The standard InChI is InChI=1S/C10H13N3O3/c14-9(15)4-8-2-1-3-13(8)10(16)7-5-11-12-6-7/h5-6,8H,1-4H2,(H,11,12)(H,14,15). The van der Waals surface area contributed by atoms with Crippen LogP contribution in [0.2, 0.25) is 0 Å². The van der Waals surface area contributed by atoms with Crippen LogP contribution in [0.1, 0.15) is 29.6 Å². The summed E-state index contributed by atoms with van der Waals surface area (Å²) in [7, 11) is 0. The Morgan fingerprint density at radius 2 is 2.44 bits per heavy atom. The molecule has 6 heteroatoms. The highest BCUT2D eigenvalue weighted by Gasteiger charge is 2.31. The molecule has 1 aliphatic rings. The van der Waals surface area contributed by atoms with Crippen LogP contribution in [0.5, 0.6) is 0 Å². The molecule has 1 saturated heterocycles. The number of carbonyl (C=O) groups excluding carboxylic acids is 1. The number of nitrogens with zero attached hydrogens (tertiary/aromatic N) is 2. The van der Waals surface area contributed by atoms with E-state index in [2.05, 4.69) is 10.2 Å². The van der Waals surface area contributed by atoms with E-state index < -0.39 is 5.97 Å². The van der Waals surface area contributed by atoms with Crippen molar-refractivity contribution in [2.45, 2.75) is 25.3 Å². The van der Waals surface area contributed by atoms with Gasteiger partial charge in [0, 0.05) is 18.8 Å². The summed E-state index contributed by atoms with van der Waals surface area (Å²) in [5.74, 6) is -1.01. The summed E-state index contributed by atoms with van der Waals surface area (Å²) in [6.07, 6.45) is 4.62. The highest BCUT2D eigenvalue weighted by molar-refractivity contribution is 5.94. The number of aromatic nitrogens is 2. The third-order valence-electron chi connectivity index (χ3n) is 2.79. The van der Waals surface area contributed by atoms with Gasteiger partial charge in [0.15, 0.2) is 0 Å². The number of amides is 1. The fourth-order valence-electron chi connectivity index (χ4n) is 2.05. The normalized spacial score (nSPS) is 20.0. The summed E-state index contributed by atoms with van der Waals surface area (Å²) >= 11 is 0. The lowest BCUT2D eigenvalue weighted by atomic mass is 10.1. The number of rotatable bonds is 3. The van der Waals surface area contributed by atoms with E-state index in [1.165, 1.54) is 12.4 Å². The van der Waals surface area contributed by atoms with Gasteiger partial charge >= 0.3 is 5.97 Å². The summed E-state index contributed by atoms with van der Waals surface area (Å²) < 4.78 is 0. The van der Waals surface area contributed by atoms with E-state index >= 15 is 0 Å². The summed E-state index contributed by atoms with van der Waals surface area (Å²) in [4.78, 5) is 24.3. The molecule has 2 N–H and O–H groups in total. The molecule has 0 aliphatic carbocycles. The van der Waals surface area contributed by atoms with Crippen LogP contribution < -0.4 is 0 Å². The maximum atomic E-state index is 12.0. The van der Waals surface area contributed by atoms with Crippen molar-refractivity contribution < 1.29 is 14.7 Å². The lowest BCUT2D eigenvalue weighted by Gasteiger charge is -2.22. The first kappa shape index (κ1) is 10.7. The largest absolute Gasteiger partial charge is 0.481 e. The quantitative estimate of drug-likeness (QED) is 0.780. The lowest BCUT2D eigenvalue weighted by molar-refractivity contribution is -0.137. The topological polar surface area (TPSA) is 86.3 Å². The van der Waals surface area contributed by atoms with E-state index in [-0.39, 0.29) is 18.4 Å². The molecule has 2 rings (SSSR count). The van der Waals surface area contributed by atoms with Gasteiger partial charge in [0.2, 0.25) is 0 Å². The number of carboxylic acids is 1. The van der Waals surface area contributed by atoms with E-state index in [0.717, 1.165) is 12.8 Å². The number of aliphatic carboxylic acids is 1. The molecule has 0 saturated carbocycles. The van der Waals surface area contributed by atoms with Crippen LogP contribution in [0, 0.1) is 0 Å². The van der Waals surface area contributed by atoms with Crippen LogP contribution in [0.3, 0.4) is 0 Å². The Hall–Kier alpha value is -1.85. The molecule has 0 spiro atoms. The maximum Gasteiger partial charge on any atom is 0.305 e. The molecule has 1 aromatic rings. The van der Waals surface area contributed by atoms with Crippen LogP contribution in [-0.2, 0) is 4.79 Å². The third kappa shape index (κ3) is 2.05. The number of carboxylic acid groups (broad SMARTS) is 1. The minimum atomic E-state index is -0.864. The van der Waals surface area contributed by atoms with Gasteiger partial charge in [-0.3, -0.25) is 14.7 Å². The van der Waals surface area contributed by atoms with Crippen LogP contribution in [0.25, 0.3) is 0 Å². The second-order valence-electron chi connectivity index (χ2n) is 3.88. The number of likely N-dealkylation sites (tertiary alicyclic amines) is 1. The predicted molar refractivity (Wildman–Crippen MR) is 54.9 cm³/mol. The van der Waals surface area contributed by atoms with Crippen molar-refractivity contribution in [3.63, 3.8) is 0 Å². The van der Waals surface area contributed by atoms with E-state index in [9.17, 15) is 9.59 Å². The smallest absolute Gasteiger partial charge is 0.305 e. The Labute approximate surface area is 92.3 Å². The maximum absolute atomic E-state index is 12.0. The van der Waals surface area contributed by atoms with Gasteiger partial charge in [-0.2, -0.15) is 5.10 Å². The number of H-pyrrole nitrogens is 1. The van der Waals surface area contributed by atoms with Crippen LogP contribution >= 0.6 is 0 Å². The van der Waals surface area contributed by atoms with Gasteiger partial charge in [-0.1, -0.05) is 0 Å². The molecule has 0 bridgehead atoms. The SMILES string of the molecule is O=C(O)CC1CCCN1C(=O)c1cn[nH]c1. The monoisotopic (exact) mass is 223 g/mol. The summed E-state index contributed by atoms with van der Waals surface area (Å²) in [6, 6.07) is -0.181. The van der Waals surface area contributed by atoms with Crippen LogP contribution in [0.4, 0.5) is 0 Å². The van der Waals surface area contributed by atoms with Crippen LogP contribution in [0.15, 0.2) is 12.4 Å². The van der Waals surface area contributed by atoms with Crippen molar-refractivity contribution in [3.05, 3.63) is 18.0 Å². The van der Waals surface area contributed by atoms with Gasteiger partial charge in [0.1, 0.15) is 0 Å². The minimum absolute atomic E-state index is 0.0175. The third-order valence-corrected chi connectivity index (χ3v) is 2.79. The summed E-state index contributed by atoms with van der Waals surface area (Å²) in [5.41, 5.74) is 0.484. The number of hydrogen-bond donors (Lipinski definition) is 2. The molecular weight excluding hydrogens is 210 g/mol. The van der Waals surface area contributed by atoms with E-state index in [1.54, 1.807) is 4.90 Å². The van der Waals surface area contributed by atoms with Gasteiger partial charge in [-0.25, -0.2) is 0 Å². The first-order valence-corrected chi connectivity index (χ1v) is 5.20. The average Bonchev–Trinajstić information content (AvgIpc) is 2.84. The fourth-order valence-corrected chi connectivity index (χ4v) is 2.05. The zero-order valence-electron chi connectivity index (χ0n) is 8.72. The Balaban J connectivity index is 2.08. The molecule has 86 valence electrons. The van der Waals surface area contributed by atoms with Crippen molar-refractivity contribution in [1.82, 2.24) is 15.1 Å². The molecular formula is C10H13N3O3. The van der Waals surface area contributed by atoms with E-state index in [1.807, 2.05) is 0 Å². The number of hydrogen-bond acceptors (Lipinski definition) is 3. The molecule has 1 amide bonds. The van der Waals surface area contributed by atoms with Crippen molar-refractivity contribution >= 4 is 11.9 Å². The van der Waals surface area contributed by atoms with E-state index in [4.69, 9.17) is 5.11 Å². The Morgan fingerprint density at radius 1 is 1.62 bits per heavy atom. The van der Waals surface area contributed by atoms with Gasteiger partial charge in [-0.05, 0) is 12.8 Å². The number of carbonyl (C=O) groups is 2. The number of aromatic amines is 1. The van der Waals surface area contributed by atoms with Gasteiger partial charge < -0.3 is 10.0 Å². The second kappa shape index (κ2) is 4.34. The van der Waals surface area contributed by atoms with Gasteiger partial charge in [0.05, 0.1) is 18.2 Å². The average molecular weight is 223 g/mol. The first-order valence-electron chi connectivity index (χ1n) is 5.20. The van der Waals surface area contributed by atoms with Crippen LogP contribution in [-0.4, -0.2) is 44.7 Å². The molecule has 1 fully saturated rings. The second-order valence-corrected chi connectivity index (χ2v) is 3.88. The zero-order chi connectivity index (χ0) is 11.5. The Morgan fingerprint density at radius 3 is 3.06 bits per heavy atom. The van der Waals surface area contributed by atoms with E-state index in [0.29, 0.717) is 12.1 Å². The number of nitrogens with one attached hydrogen (secondary N) is 1. The molecule has 2 heterocycles. The highest BCUT2D eigenvalue weighted by atomic mass is 16.4. The lowest BCUT2D eigenvalue weighted by Crippen LogP contribution is -2.36. The minimum Gasteiger partial charge on any atom is -0.481 e. The fraction of sp³-hybridized carbons (Fsp3) is 0.500. The van der Waals surface area contributed by atoms with Crippen molar-refractivity contribution in [2.24, 2.45) is 0 Å². The molecule has 0 radical (unpaired) electrons. The molecule has 6 nitrogen and oxygen atoms in total. The summed E-state index contributed by atoms with van der Waals surface area (Å²) in [6.45, 7) is 0.627. The van der Waals surface area contributed by atoms with Crippen molar-refractivity contribution in [2.75, 3.05) is 6.54 Å². The molecule has 1 atom stereocenters. The molecule has 1 unspecified atom stereocenters. The van der Waals surface area contributed by atoms with Crippen molar-refractivity contribution in [3.8, 4) is 0 Å². The highest BCUT2D eigenvalue weighted by Crippen LogP contribution is 2.22.